The maximum atomic E-state index is 12.5. The monoisotopic (exact) mass is 482 g/mol. The van der Waals surface area contributed by atoms with E-state index in [2.05, 4.69) is 15.7 Å². The first-order chi connectivity index (χ1) is 16.6. The average molecular weight is 483 g/mol. The Hall–Kier alpha value is -2.71. The molecule has 2 aliphatic carbocycles. The highest BCUT2D eigenvalue weighted by atomic mass is 35.5. The number of ether oxygens (including phenoxy) is 1. The molecule has 5 rings (SSSR count). The average Bonchev–Trinajstić information content (AvgIpc) is 3.52. The largest absolute Gasteiger partial charge is 0.377 e. The molecule has 2 aliphatic rings. The fourth-order valence-electron chi connectivity index (χ4n) is 5.14. The van der Waals surface area contributed by atoms with Gasteiger partial charge in [0.15, 0.2) is 11.5 Å². The summed E-state index contributed by atoms with van der Waals surface area (Å²) in [6, 6.07) is 8.11. The zero-order valence-electron chi connectivity index (χ0n) is 19.5. The minimum Gasteiger partial charge on any atom is -0.377 e. The van der Waals surface area contributed by atoms with Gasteiger partial charge in [0.25, 0.3) is 0 Å². The van der Waals surface area contributed by atoms with Crippen molar-refractivity contribution in [3.63, 3.8) is 0 Å². The van der Waals surface area contributed by atoms with Crippen molar-refractivity contribution in [3.05, 3.63) is 41.3 Å². The quantitative estimate of drug-likeness (QED) is 0.509. The Morgan fingerprint density at radius 2 is 1.82 bits per heavy atom. The van der Waals surface area contributed by atoms with Gasteiger partial charge in [-0.25, -0.2) is 14.6 Å². The molecule has 2 saturated carbocycles. The topological polar surface area (TPSA) is 94.0 Å². The number of halogens is 1. The lowest BCUT2D eigenvalue weighted by Crippen LogP contribution is -2.42. The number of anilines is 1. The maximum absolute atomic E-state index is 12.5. The molecule has 0 bridgehead atoms. The second-order valence-electron chi connectivity index (χ2n) is 9.35. The number of methoxy groups -OCH3 is 1. The highest BCUT2D eigenvalue weighted by Crippen LogP contribution is 2.30. The SMILES string of the molecule is COCc1nc(NC2CCC(NC(=O)C3CCCC3)CC2)c2cnn(-c3ccccc3Cl)c2n1. The van der Waals surface area contributed by atoms with Crippen molar-refractivity contribution in [3.8, 4) is 5.69 Å². The van der Waals surface area contributed by atoms with Crippen LogP contribution in [0.1, 0.15) is 57.2 Å². The molecule has 2 fully saturated rings. The van der Waals surface area contributed by atoms with Crippen LogP contribution in [0.15, 0.2) is 30.5 Å². The Balaban J connectivity index is 1.32. The van der Waals surface area contributed by atoms with E-state index in [1.807, 2.05) is 24.3 Å². The molecule has 0 unspecified atom stereocenters. The fraction of sp³-hybridized carbons (Fsp3) is 0.520. The Bertz CT molecular complexity index is 1150. The van der Waals surface area contributed by atoms with Gasteiger partial charge in [-0.05, 0) is 50.7 Å². The van der Waals surface area contributed by atoms with Crippen LogP contribution in [0.25, 0.3) is 16.7 Å². The minimum absolute atomic E-state index is 0.221. The molecule has 9 heteroatoms. The van der Waals surface area contributed by atoms with E-state index in [0.29, 0.717) is 23.1 Å². The summed E-state index contributed by atoms with van der Waals surface area (Å²) in [4.78, 5) is 21.9. The third kappa shape index (κ3) is 4.88. The summed E-state index contributed by atoms with van der Waals surface area (Å²) in [6.45, 7) is 0.304. The van der Waals surface area contributed by atoms with Crippen molar-refractivity contribution in [2.24, 2.45) is 5.92 Å². The van der Waals surface area contributed by atoms with E-state index in [9.17, 15) is 4.79 Å². The highest BCUT2D eigenvalue weighted by Gasteiger charge is 2.28. The lowest BCUT2D eigenvalue weighted by molar-refractivity contribution is -0.125. The van der Waals surface area contributed by atoms with Gasteiger partial charge in [-0.2, -0.15) is 5.10 Å². The molecule has 2 aromatic heterocycles. The van der Waals surface area contributed by atoms with E-state index < -0.39 is 0 Å². The standard InChI is InChI=1S/C25H31ClN6O2/c1-34-15-22-30-23(19-14-27-32(24(19)31-22)21-9-5-4-8-20(21)26)28-17-10-12-18(13-11-17)29-25(33)16-6-2-3-7-16/h4-5,8-9,14,16-18H,2-3,6-7,10-13,15H2,1H3,(H,29,33)(H,28,30,31). The van der Waals surface area contributed by atoms with Gasteiger partial charge in [0.05, 0.1) is 22.3 Å². The third-order valence-electron chi connectivity index (χ3n) is 6.97. The van der Waals surface area contributed by atoms with E-state index >= 15 is 0 Å². The Morgan fingerprint density at radius 1 is 1.09 bits per heavy atom. The summed E-state index contributed by atoms with van der Waals surface area (Å²) in [7, 11) is 1.63. The molecule has 8 nitrogen and oxygen atoms in total. The second-order valence-corrected chi connectivity index (χ2v) is 9.76. The number of hydrogen-bond acceptors (Lipinski definition) is 6. The molecular formula is C25H31ClN6O2. The zero-order valence-corrected chi connectivity index (χ0v) is 20.2. The van der Waals surface area contributed by atoms with Gasteiger partial charge in [0, 0.05) is 25.1 Å². The lowest BCUT2D eigenvalue weighted by Gasteiger charge is -2.30. The summed E-state index contributed by atoms with van der Waals surface area (Å²) in [5, 5.41) is 12.9. The van der Waals surface area contributed by atoms with Crippen LogP contribution in [-0.4, -0.2) is 44.8 Å². The summed E-state index contributed by atoms with van der Waals surface area (Å²) >= 11 is 6.43. The predicted octanol–water partition coefficient (Wildman–Crippen LogP) is 4.64. The van der Waals surface area contributed by atoms with Crippen molar-refractivity contribution < 1.29 is 9.53 Å². The molecule has 0 saturated heterocycles. The van der Waals surface area contributed by atoms with Gasteiger partial charge in [-0.3, -0.25) is 4.79 Å². The number of hydrogen-bond donors (Lipinski definition) is 2. The number of benzene rings is 1. The van der Waals surface area contributed by atoms with Crippen molar-refractivity contribution in [2.75, 3.05) is 12.4 Å². The van der Waals surface area contributed by atoms with E-state index in [4.69, 9.17) is 26.3 Å². The van der Waals surface area contributed by atoms with Gasteiger partial charge < -0.3 is 15.4 Å². The smallest absolute Gasteiger partial charge is 0.223 e. The first-order valence-electron chi connectivity index (χ1n) is 12.2. The van der Waals surface area contributed by atoms with Gasteiger partial charge in [-0.1, -0.05) is 36.6 Å². The molecule has 1 aromatic carbocycles. The van der Waals surface area contributed by atoms with Gasteiger partial charge in [-0.15, -0.1) is 0 Å². The number of aromatic nitrogens is 4. The Kier molecular flexibility index (Phi) is 6.97. The molecule has 2 N–H and O–H groups in total. The molecule has 180 valence electrons. The zero-order chi connectivity index (χ0) is 23.5. The fourth-order valence-corrected chi connectivity index (χ4v) is 5.35. The first kappa shape index (κ1) is 23.1. The summed E-state index contributed by atoms with van der Waals surface area (Å²) in [5.41, 5.74) is 1.46. The van der Waals surface area contributed by atoms with Crippen LogP contribution < -0.4 is 10.6 Å². The van der Waals surface area contributed by atoms with Gasteiger partial charge >= 0.3 is 0 Å². The van der Waals surface area contributed by atoms with E-state index in [1.54, 1.807) is 18.0 Å². The summed E-state index contributed by atoms with van der Waals surface area (Å²) < 4.78 is 7.06. The molecule has 0 radical (unpaired) electrons. The first-order valence-corrected chi connectivity index (χ1v) is 12.6. The molecule has 34 heavy (non-hydrogen) atoms. The van der Waals surface area contributed by atoms with Crippen LogP contribution >= 0.6 is 11.6 Å². The number of nitrogens with one attached hydrogen (secondary N) is 2. The minimum atomic E-state index is 0.221. The number of nitrogens with zero attached hydrogens (tertiary/aromatic N) is 4. The van der Waals surface area contributed by atoms with Crippen molar-refractivity contribution in [1.29, 1.82) is 0 Å². The molecule has 2 heterocycles. The molecule has 1 amide bonds. The predicted molar refractivity (Wildman–Crippen MR) is 132 cm³/mol. The Labute approximate surface area is 204 Å². The number of para-hydroxylation sites is 1. The van der Waals surface area contributed by atoms with Crippen LogP contribution in [0.2, 0.25) is 5.02 Å². The molecule has 3 aromatic rings. The molecular weight excluding hydrogens is 452 g/mol. The van der Waals surface area contributed by atoms with Crippen LogP contribution in [0.5, 0.6) is 0 Å². The van der Waals surface area contributed by atoms with Crippen LogP contribution in [0.4, 0.5) is 5.82 Å². The summed E-state index contributed by atoms with van der Waals surface area (Å²) in [6.07, 6.45) is 10.1. The van der Waals surface area contributed by atoms with E-state index in [1.165, 1.54) is 12.8 Å². The second kappa shape index (κ2) is 10.3. The number of rotatable bonds is 7. The Morgan fingerprint density at radius 3 is 2.56 bits per heavy atom. The highest BCUT2D eigenvalue weighted by molar-refractivity contribution is 6.32. The van der Waals surface area contributed by atoms with Gasteiger partial charge in [0.1, 0.15) is 12.4 Å². The van der Waals surface area contributed by atoms with Crippen LogP contribution in [0, 0.1) is 5.92 Å². The third-order valence-corrected chi connectivity index (χ3v) is 7.29. The van der Waals surface area contributed by atoms with Gasteiger partial charge in [0.2, 0.25) is 5.91 Å². The normalized spacial score (nSPS) is 21.1. The summed E-state index contributed by atoms with van der Waals surface area (Å²) in [5.74, 6) is 1.82. The maximum Gasteiger partial charge on any atom is 0.223 e. The van der Waals surface area contributed by atoms with Crippen LogP contribution in [0.3, 0.4) is 0 Å². The molecule has 0 atom stereocenters. The molecule has 0 spiro atoms. The molecule has 0 aliphatic heterocycles. The van der Waals surface area contributed by atoms with Crippen molar-refractivity contribution >= 4 is 34.4 Å². The number of fused-ring (bicyclic) bond motifs is 1. The van der Waals surface area contributed by atoms with Crippen molar-refractivity contribution in [1.82, 2.24) is 25.1 Å². The number of amides is 1. The van der Waals surface area contributed by atoms with Crippen LogP contribution in [-0.2, 0) is 16.1 Å². The van der Waals surface area contributed by atoms with E-state index in [-0.39, 0.29) is 23.9 Å². The number of carbonyl (C=O) groups is 1. The lowest BCUT2D eigenvalue weighted by atomic mass is 9.90. The van der Waals surface area contributed by atoms with E-state index in [0.717, 1.165) is 55.4 Å². The number of carbonyl (C=O) groups excluding carboxylic acids is 1. The van der Waals surface area contributed by atoms with Crippen molar-refractivity contribution in [2.45, 2.75) is 70.1 Å².